The molecule has 16 heavy (non-hydrogen) atoms. The van der Waals surface area contributed by atoms with Crippen LogP contribution in [0.2, 0.25) is 0 Å². The number of aromatic nitrogens is 1. The Morgan fingerprint density at radius 1 is 1.50 bits per heavy atom. The van der Waals surface area contributed by atoms with Crippen molar-refractivity contribution >= 4 is 34.2 Å². The number of nitrogens with one attached hydrogen (secondary N) is 1. The fourth-order valence-electron chi connectivity index (χ4n) is 1.23. The second-order valence-corrected chi connectivity index (χ2v) is 4.28. The van der Waals surface area contributed by atoms with E-state index in [1.165, 1.54) is 3.57 Å². The molecule has 0 aliphatic carbocycles. The van der Waals surface area contributed by atoms with Crippen molar-refractivity contribution in [1.29, 1.82) is 0 Å². The molecule has 3 nitrogen and oxygen atoms in total. The molecular formula is C11H10I2N3+. The molecule has 82 valence electrons. The molecule has 0 saturated heterocycles. The highest BCUT2D eigenvalue weighted by Crippen LogP contribution is 2.09. The van der Waals surface area contributed by atoms with Gasteiger partial charge in [0.1, 0.15) is 7.05 Å². The molecule has 0 amide bonds. The van der Waals surface area contributed by atoms with Gasteiger partial charge in [-0.2, -0.15) is 9.57 Å². The Labute approximate surface area is 125 Å². The van der Waals surface area contributed by atoms with E-state index in [0.29, 0.717) is 0 Å². The molecule has 0 spiro atoms. The van der Waals surface area contributed by atoms with E-state index in [2.05, 4.69) is 38.4 Å². The number of pyridine rings is 1. The van der Waals surface area contributed by atoms with Gasteiger partial charge in [0.2, 0.25) is 11.6 Å². The first-order valence-corrected chi connectivity index (χ1v) is 5.57. The Morgan fingerprint density at radius 3 is 3.06 bits per heavy atom. The number of allylic oxidation sites excluding steroid dienone is 1. The quantitative estimate of drug-likeness (QED) is 0.366. The monoisotopic (exact) mass is 438 g/mol. The summed E-state index contributed by atoms with van der Waals surface area (Å²) in [7, 11) is 1.94. The topological polar surface area (TPSA) is 29.9 Å². The van der Waals surface area contributed by atoms with Crippen LogP contribution in [0.4, 0.5) is 0 Å². The van der Waals surface area contributed by atoms with Crippen molar-refractivity contribution in [3.05, 3.63) is 46.1 Å². The van der Waals surface area contributed by atoms with Gasteiger partial charge in [0.05, 0.1) is 11.6 Å². The summed E-state index contributed by atoms with van der Waals surface area (Å²) in [6.45, 7) is 0. The maximum absolute atomic E-state index is 4.12. The minimum absolute atomic E-state index is 0. The van der Waals surface area contributed by atoms with Crippen LogP contribution in [0, 0.1) is 3.57 Å². The molecule has 1 N–H and O–H groups in total. The Morgan fingerprint density at radius 2 is 2.31 bits per heavy atom. The maximum Gasteiger partial charge on any atom is 0.276 e. The molecule has 2 heterocycles. The third-order valence-electron chi connectivity index (χ3n) is 2.02. The van der Waals surface area contributed by atoms with Crippen molar-refractivity contribution in [2.24, 2.45) is 0 Å². The predicted molar refractivity (Wildman–Crippen MR) is 66.9 cm³/mol. The molecule has 0 saturated carbocycles. The van der Waals surface area contributed by atoms with Gasteiger partial charge in [0.25, 0.3) is 6.20 Å². The first-order chi connectivity index (χ1) is 7.27. The van der Waals surface area contributed by atoms with E-state index in [1.807, 2.05) is 36.2 Å². The zero-order chi connectivity index (χ0) is 10.7. The molecule has 0 fully saturated rings. The van der Waals surface area contributed by atoms with Crippen molar-refractivity contribution in [2.75, 3.05) is 7.05 Å². The molecule has 1 aliphatic heterocycles. The molecule has 0 atom stereocenters. The Balaban J connectivity index is 0.00000128. The largest absolute Gasteiger partial charge is 1.00 e. The average Bonchev–Trinajstić information content (AvgIpc) is 2.44. The number of rotatable bonds is 1. The SMILES string of the molecule is C[N+]1=C=C[NH+]=C(c2cnccc2I)C=C1.[I-]. The predicted octanol–water partition coefficient (Wildman–Crippen LogP) is -3.09. The lowest BCUT2D eigenvalue weighted by Gasteiger charge is -1.96. The van der Waals surface area contributed by atoms with E-state index >= 15 is 0 Å². The number of hydrogen-bond donors (Lipinski definition) is 1. The molecule has 0 bridgehead atoms. The van der Waals surface area contributed by atoms with E-state index in [0.717, 1.165) is 11.3 Å². The van der Waals surface area contributed by atoms with Gasteiger partial charge in [0, 0.05) is 16.0 Å². The molecule has 1 aliphatic rings. The fraction of sp³-hybridized carbons (Fsp3) is 0.0909. The molecule has 0 aromatic carbocycles. The molecule has 1 aromatic rings. The molecule has 0 unspecified atom stereocenters. The van der Waals surface area contributed by atoms with Crippen molar-refractivity contribution in [1.82, 2.24) is 4.98 Å². The second-order valence-electron chi connectivity index (χ2n) is 3.11. The van der Waals surface area contributed by atoms with Crippen LogP contribution in [-0.2, 0) is 0 Å². The maximum atomic E-state index is 4.12. The standard InChI is InChI=1S/C11H9IN3.HI/c1-15-6-3-11(14-5-7-15)9-8-13-4-2-10(9)12;/h2-6,8H,1H3;1H/q+1;. The minimum atomic E-state index is 0. The summed E-state index contributed by atoms with van der Waals surface area (Å²) >= 11 is 2.30. The van der Waals surface area contributed by atoms with Crippen LogP contribution < -0.4 is 29.0 Å². The van der Waals surface area contributed by atoms with Crippen molar-refractivity contribution in [3.63, 3.8) is 0 Å². The normalized spacial score (nSPS) is 13.6. The number of halogens is 2. The second kappa shape index (κ2) is 6.27. The van der Waals surface area contributed by atoms with Crippen LogP contribution in [0.5, 0.6) is 0 Å². The third-order valence-corrected chi connectivity index (χ3v) is 2.96. The zero-order valence-electron chi connectivity index (χ0n) is 8.61. The van der Waals surface area contributed by atoms with E-state index in [4.69, 9.17) is 0 Å². The first-order valence-electron chi connectivity index (χ1n) is 4.49. The van der Waals surface area contributed by atoms with Gasteiger partial charge in [0.15, 0.2) is 6.20 Å². The summed E-state index contributed by atoms with van der Waals surface area (Å²) in [6, 6.07) is 1.99. The molecule has 1 aromatic heterocycles. The number of nitrogens with zero attached hydrogens (tertiary/aromatic N) is 2. The van der Waals surface area contributed by atoms with Crippen LogP contribution in [0.25, 0.3) is 0 Å². The summed E-state index contributed by atoms with van der Waals surface area (Å²) in [5.41, 5.74) is 2.13. The van der Waals surface area contributed by atoms with Gasteiger partial charge in [-0.05, 0) is 28.7 Å². The van der Waals surface area contributed by atoms with E-state index in [9.17, 15) is 0 Å². The minimum Gasteiger partial charge on any atom is -1.00 e. The van der Waals surface area contributed by atoms with Gasteiger partial charge < -0.3 is 24.0 Å². The first kappa shape index (κ1) is 13.5. The summed E-state index contributed by atoms with van der Waals surface area (Å²) in [4.78, 5) is 7.30. The van der Waals surface area contributed by atoms with Crippen LogP contribution >= 0.6 is 22.6 Å². The molecule has 0 radical (unpaired) electrons. The Hall–Kier alpha value is -0.530. The lowest BCUT2D eigenvalue weighted by molar-refractivity contribution is -0.418. The van der Waals surface area contributed by atoms with Crippen LogP contribution in [0.1, 0.15) is 5.56 Å². The van der Waals surface area contributed by atoms with Gasteiger partial charge in [-0.3, -0.25) is 4.98 Å². The van der Waals surface area contributed by atoms with Crippen LogP contribution in [0.15, 0.2) is 36.9 Å². The van der Waals surface area contributed by atoms with E-state index in [-0.39, 0.29) is 24.0 Å². The highest BCUT2D eigenvalue weighted by Gasteiger charge is 2.12. The highest BCUT2D eigenvalue weighted by molar-refractivity contribution is 14.1. The number of hydrogen-bond acceptors (Lipinski definition) is 1. The van der Waals surface area contributed by atoms with Gasteiger partial charge in [-0.25, -0.2) is 0 Å². The van der Waals surface area contributed by atoms with Gasteiger partial charge >= 0.3 is 0 Å². The lowest BCUT2D eigenvalue weighted by atomic mass is 10.2. The van der Waals surface area contributed by atoms with Crippen LogP contribution in [-0.4, -0.2) is 28.2 Å². The molecular weight excluding hydrogens is 428 g/mol. The Kier molecular flexibility index (Phi) is 5.30. The summed E-state index contributed by atoms with van der Waals surface area (Å²) in [5.74, 6) is 3.03. The molecule has 5 heteroatoms. The summed E-state index contributed by atoms with van der Waals surface area (Å²) in [5, 5.41) is 0. The smallest absolute Gasteiger partial charge is 0.276 e. The Bertz CT molecular complexity index is 512. The zero-order valence-corrected chi connectivity index (χ0v) is 12.9. The summed E-state index contributed by atoms with van der Waals surface area (Å²) < 4.78 is 3.04. The van der Waals surface area contributed by atoms with Gasteiger partial charge in [-0.1, -0.05) is 0 Å². The van der Waals surface area contributed by atoms with Crippen LogP contribution in [0.3, 0.4) is 0 Å². The lowest BCUT2D eigenvalue weighted by Crippen LogP contribution is -3.00. The van der Waals surface area contributed by atoms with Gasteiger partial charge in [-0.15, -0.1) is 0 Å². The van der Waals surface area contributed by atoms with Crippen molar-refractivity contribution in [2.45, 2.75) is 0 Å². The summed E-state index contributed by atoms with van der Waals surface area (Å²) in [6.07, 6.45) is 9.40. The highest BCUT2D eigenvalue weighted by atomic mass is 127. The van der Waals surface area contributed by atoms with E-state index < -0.39 is 0 Å². The third kappa shape index (κ3) is 3.23. The van der Waals surface area contributed by atoms with Crippen molar-refractivity contribution in [3.8, 4) is 0 Å². The average molecular weight is 438 g/mol. The molecule has 2 rings (SSSR count). The van der Waals surface area contributed by atoms with E-state index in [1.54, 1.807) is 12.4 Å². The van der Waals surface area contributed by atoms with Crippen molar-refractivity contribution < 1.29 is 33.5 Å². The fourth-order valence-corrected chi connectivity index (χ4v) is 1.82.